The standard InChI is InChI=1S/C16H15N3O2S/c1-9-5-11-12(6-10(9)2)15(22-8-13(11)20)16(21)19-14-7-17-3-4-18-14/h3-7,15H,8H2,1-2H3,(H,18,19,21)/t15-/m1/s1. The largest absolute Gasteiger partial charge is 0.308 e. The van der Waals surface area contributed by atoms with Crippen molar-refractivity contribution in [3.63, 3.8) is 0 Å². The summed E-state index contributed by atoms with van der Waals surface area (Å²) >= 11 is 1.35. The molecular weight excluding hydrogens is 298 g/mol. The van der Waals surface area contributed by atoms with Crippen molar-refractivity contribution in [2.75, 3.05) is 11.1 Å². The van der Waals surface area contributed by atoms with Crippen molar-refractivity contribution in [2.45, 2.75) is 19.1 Å². The number of carbonyl (C=O) groups is 2. The highest BCUT2D eigenvalue weighted by Crippen LogP contribution is 2.38. The van der Waals surface area contributed by atoms with Crippen molar-refractivity contribution in [2.24, 2.45) is 0 Å². The topological polar surface area (TPSA) is 72.0 Å². The van der Waals surface area contributed by atoms with E-state index in [0.717, 1.165) is 16.7 Å². The molecule has 3 rings (SSSR count). The summed E-state index contributed by atoms with van der Waals surface area (Å²) in [5.41, 5.74) is 3.57. The van der Waals surface area contributed by atoms with Gasteiger partial charge in [0.25, 0.3) is 0 Å². The van der Waals surface area contributed by atoms with Crippen molar-refractivity contribution >= 4 is 29.3 Å². The first kappa shape index (κ1) is 14.7. The van der Waals surface area contributed by atoms with Crippen LogP contribution < -0.4 is 5.32 Å². The number of hydrogen-bond acceptors (Lipinski definition) is 5. The van der Waals surface area contributed by atoms with E-state index in [-0.39, 0.29) is 11.7 Å². The fourth-order valence-corrected chi connectivity index (χ4v) is 3.45. The van der Waals surface area contributed by atoms with Crippen LogP contribution in [-0.4, -0.2) is 27.4 Å². The Labute approximate surface area is 132 Å². The maximum absolute atomic E-state index is 12.5. The number of anilines is 1. The number of nitrogens with one attached hydrogen (secondary N) is 1. The fraction of sp³-hybridized carbons (Fsp3) is 0.250. The van der Waals surface area contributed by atoms with Gasteiger partial charge in [-0.2, -0.15) is 0 Å². The van der Waals surface area contributed by atoms with Crippen LogP contribution in [0, 0.1) is 13.8 Å². The molecule has 2 heterocycles. The molecule has 0 fully saturated rings. The number of nitrogens with zero attached hydrogens (tertiary/aromatic N) is 2. The van der Waals surface area contributed by atoms with E-state index in [1.165, 1.54) is 24.2 Å². The minimum atomic E-state index is -0.408. The number of carbonyl (C=O) groups excluding carboxylic acids is 2. The molecule has 0 bridgehead atoms. The quantitative estimate of drug-likeness (QED) is 0.923. The van der Waals surface area contributed by atoms with Crippen LogP contribution in [0.1, 0.15) is 32.3 Å². The summed E-state index contributed by atoms with van der Waals surface area (Å²) in [7, 11) is 0. The van der Waals surface area contributed by atoms with Gasteiger partial charge in [0.05, 0.1) is 11.9 Å². The molecule has 0 aliphatic carbocycles. The van der Waals surface area contributed by atoms with Crippen LogP contribution in [0.5, 0.6) is 0 Å². The minimum Gasteiger partial charge on any atom is -0.308 e. The summed E-state index contributed by atoms with van der Waals surface area (Å²) < 4.78 is 0. The first-order valence-electron chi connectivity index (χ1n) is 6.89. The molecule has 1 aromatic carbocycles. The summed E-state index contributed by atoms with van der Waals surface area (Å²) in [5, 5.41) is 2.35. The predicted molar refractivity (Wildman–Crippen MR) is 86.1 cm³/mol. The zero-order valence-electron chi connectivity index (χ0n) is 12.3. The van der Waals surface area contributed by atoms with Crippen LogP contribution >= 0.6 is 11.8 Å². The van der Waals surface area contributed by atoms with Crippen LogP contribution in [0.4, 0.5) is 5.82 Å². The second-order valence-electron chi connectivity index (χ2n) is 5.22. The summed E-state index contributed by atoms with van der Waals surface area (Å²) in [4.78, 5) is 32.6. The van der Waals surface area contributed by atoms with E-state index in [1.54, 1.807) is 6.20 Å². The average Bonchev–Trinajstić information content (AvgIpc) is 2.50. The first-order valence-corrected chi connectivity index (χ1v) is 7.94. The van der Waals surface area contributed by atoms with Gasteiger partial charge in [0.2, 0.25) is 5.91 Å². The van der Waals surface area contributed by atoms with Gasteiger partial charge in [-0.1, -0.05) is 6.07 Å². The lowest BCUT2D eigenvalue weighted by molar-refractivity contribution is -0.115. The molecule has 0 spiro atoms. The number of fused-ring (bicyclic) bond motifs is 1. The summed E-state index contributed by atoms with van der Waals surface area (Å²) in [6.45, 7) is 3.95. The highest BCUT2D eigenvalue weighted by Gasteiger charge is 2.31. The number of aromatic nitrogens is 2. The molecule has 0 saturated carbocycles. The highest BCUT2D eigenvalue weighted by molar-refractivity contribution is 8.01. The molecule has 5 nitrogen and oxygen atoms in total. The normalized spacial score (nSPS) is 17.0. The summed E-state index contributed by atoms with van der Waals surface area (Å²) in [6.07, 6.45) is 4.57. The van der Waals surface area contributed by atoms with Crippen LogP contribution in [0.2, 0.25) is 0 Å². The van der Waals surface area contributed by atoms with Crippen molar-refractivity contribution in [3.05, 3.63) is 53.0 Å². The van der Waals surface area contributed by atoms with Crippen molar-refractivity contribution < 1.29 is 9.59 Å². The van der Waals surface area contributed by atoms with Crippen LogP contribution in [0.25, 0.3) is 0 Å². The van der Waals surface area contributed by atoms with Gasteiger partial charge in [0.1, 0.15) is 5.25 Å². The maximum Gasteiger partial charge on any atom is 0.243 e. The summed E-state index contributed by atoms with van der Waals surface area (Å²) in [5.74, 6) is 0.623. The van der Waals surface area contributed by atoms with E-state index < -0.39 is 5.25 Å². The second kappa shape index (κ2) is 5.88. The Morgan fingerprint density at radius 3 is 2.77 bits per heavy atom. The lowest BCUT2D eigenvalue weighted by atomic mass is 9.94. The van der Waals surface area contributed by atoms with Crippen molar-refractivity contribution in [1.29, 1.82) is 0 Å². The average molecular weight is 313 g/mol. The van der Waals surface area contributed by atoms with Crippen LogP contribution in [0.3, 0.4) is 0 Å². The fourth-order valence-electron chi connectivity index (χ4n) is 2.40. The first-order chi connectivity index (χ1) is 10.6. The minimum absolute atomic E-state index is 0.0756. The van der Waals surface area contributed by atoms with Crippen LogP contribution in [0.15, 0.2) is 30.7 Å². The van der Waals surface area contributed by atoms with Gasteiger partial charge >= 0.3 is 0 Å². The number of Topliss-reactive ketones (excluding diaryl/α,β-unsaturated/α-hetero) is 1. The Morgan fingerprint density at radius 1 is 1.27 bits per heavy atom. The predicted octanol–water partition coefficient (Wildman–Crippen LogP) is 2.70. The molecule has 1 aliphatic rings. The molecule has 112 valence electrons. The van der Waals surface area contributed by atoms with E-state index in [9.17, 15) is 9.59 Å². The Hall–Kier alpha value is -2.21. The smallest absolute Gasteiger partial charge is 0.243 e. The summed E-state index contributed by atoms with van der Waals surface area (Å²) in [6, 6.07) is 3.82. The molecule has 0 unspecified atom stereocenters. The SMILES string of the molecule is Cc1cc2c(cc1C)[C@H](C(=O)Nc1cnccn1)SCC2=O. The van der Waals surface area contributed by atoms with Crippen molar-refractivity contribution in [3.8, 4) is 0 Å². The molecule has 1 aromatic heterocycles. The maximum atomic E-state index is 12.5. The third kappa shape index (κ3) is 2.74. The lowest BCUT2D eigenvalue weighted by Crippen LogP contribution is -2.26. The van der Waals surface area contributed by atoms with Gasteiger partial charge in [0.15, 0.2) is 11.6 Å². The number of amides is 1. The number of thioether (sulfide) groups is 1. The number of ketones is 1. The molecule has 22 heavy (non-hydrogen) atoms. The molecule has 6 heteroatoms. The zero-order valence-corrected chi connectivity index (χ0v) is 13.1. The van der Waals surface area contributed by atoms with E-state index in [0.29, 0.717) is 17.1 Å². The number of benzene rings is 1. The third-order valence-electron chi connectivity index (χ3n) is 3.68. The zero-order chi connectivity index (χ0) is 15.7. The molecule has 1 aliphatic heterocycles. The lowest BCUT2D eigenvalue weighted by Gasteiger charge is -2.24. The number of aryl methyl sites for hydroxylation is 2. The van der Waals surface area contributed by atoms with Gasteiger partial charge < -0.3 is 5.32 Å². The monoisotopic (exact) mass is 313 g/mol. The van der Waals surface area contributed by atoms with Crippen molar-refractivity contribution in [1.82, 2.24) is 9.97 Å². The Bertz CT molecular complexity index is 747. The number of rotatable bonds is 2. The van der Waals surface area contributed by atoms with E-state index in [4.69, 9.17) is 0 Å². The Kier molecular flexibility index (Phi) is 3.94. The molecular formula is C16H15N3O2S. The molecule has 0 radical (unpaired) electrons. The molecule has 0 saturated heterocycles. The van der Waals surface area contributed by atoms with Gasteiger partial charge in [-0.05, 0) is 36.6 Å². The molecule has 2 aromatic rings. The van der Waals surface area contributed by atoms with Gasteiger partial charge in [-0.3, -0.25) is 14.6 Å². The third-order valence-corrected chi connectivity index (χ3v) is 4.91. The van der Waals surface area contributed by atoms with E-state index in [2.05, 4.69) is 15.3 Å². The second-order valence-corrected chi connectivity index (χ2v) is 6.31. The van der Waals surface area contributed by atoms with E-state index in [1.807, 2.05) is 26.0 Å². The van der Waals surface area contributed by atoms with Gasteiger partial charge in [-0.15, -0.1) is 11.8 Å². The molecule has 1 amide bonds. The number of hydrogen-bond donors (Lipinski definition) is 1. The molecule has 1 atom stereocenters. The molecule has 1 N–H and O–H groups in total. The Balaban J connectivity index is 1.93. The van der Waals surface area contributed by atoms with Crippen LogP contribution in [-0.2, 0) is 4.79 Å². The van der Waals surface area contributed by atoms with Gasteiger partial charge in [0, 0.05) is 18.0 Å². The van der Waals surface area contributed by atoms with Gasteiger partial charge in [-0.25, -0.2) is 4.98 Å². The Morgan fingerprint density at radius 2 is 2.05 bits per heavy atom. The highest BCUT2D eigenvalue weighted by atomic mass is 32.2. The van der Waals surface area contributed by atoms with E-state index >= 15 is 0 Å².